The summed E-state index contributed by atoms with van der Waals surface area (Å²) in [6, 6.07) is 27.7. The highest BCUT2D eigenvalue weighted by atomic mass is 79.9. The molecule has 0 heterocycles. The molecule has 0 saturated heterocycles. The fourth-order valence-corrected chi connectivity index (χ4v) is 6.32. The summed E-state index contributed by atoms with van der Waals surface area (Å²) in [4.78, 5) is 0. The van der Waals surface area contributed by atoms with Crippen molar-refractivity contribution in [3.63, 3.8) is 0 Å². The van der Waals surface area contributed by atoms with E-state index in [-0.39, 0.29) is 0 Å². The third-order valence-electron chi connectivity index (χ3n) is 5.61. The van der Waals surface area contributed by atoms with Gasteiger partial charge in [-0.25, -0.2) is 0 Å². The molecule has 0 radical (unpaired) electrons. The summed E-state index contributed by atoms with van der Waals surface area (Å²) in [6.07, 6.45) is 2.44. The first kappa shape index (κ1) is 21.9. The molecule has 0 unspecified atom stereocenters. The van der Waals surface area contributed by atoms with Gasteiger partial charge in [0.2, 0.25) is 0 Å². The maximum Gasteiger partial charge on any atom is 0.119 e. The molecule has 0 fully saturated rings. The van der Waals surface area contributed by atoms with Gasteiger partial charge in [0.25, 0.3) is 0 Å². The summed E-state index contributed by atoms with van der Waals surface area (Å²) in [5.74, 6) is 0.921. The molecule has 3 heteroatoms. The van der Waals surface area contributed by atoms with Gasteiger partial charge in [0, 0.05) is 5.33 Å². The Labute approximate surface area is 185 Å². The topological polar surface area (TPSA) is 9.23 Å². The minimum Gasteiger partial charge on any atom is -0.489 e. The molecule has 3 aromatic carbocycles. The van der Waals surface area contributed by atoms with E-state index >= 15 is 0 Å². The number of alkyl halides is 1. The van der Waals surface area contributed by atoms with Gasteiger partial charge in [-0.05, 0) is 42.2 Å². The maximum absolute atomic E-state index is 5.94. The summed E-state index contributed by atoms with van der Waals surface area (Å²) >= 11 is 3.47. The number of hydrogen-bond acceptors (Lipinski definition) is 1. The second-order valence-electron chi connectivity index (χ2n) is 8.49. The SMILES string of the molecule is Cc1ccc(CCC[Si](C)(C)c2ccc(COc3ccc(CBr)cc3)cc2)cc1. The molecule has 152 valence electrons. The van der Waals surface area contributed by atoms with Gasteiger partial charge in [-0.3, -0.25) is 0 Å². The van der Waals surface area contributed by atoms with Gasteiger partial charge in [0.15, 0.2) is 0 Å². The van der Waals surface area contributed by atoms with Crippen LogP contribution in [0.5, 0.6) is 5.75 Å². The monoisotopic (exact) mass is 466 g/mol. The Bertz CT molecular complexity index is 884. The highest BCUT2D eigenvalue weighted by molar-refractivity contribution is 9.08. The molecule has 3 aromatic rings. The average molecular weight is 468 g/mol. The lowest BCUT2D eigenvalue weighted by molar-refractivity contribution is 0.306. The van der Waals surface area contributed by atoms with Crippen molar-refractivity contribution in [2.75, 3.05) is 0 Å². The van der Waals surface area contributed by atoms with E-state index in [2.05, 4.69) is 96.6 Å². The molecule has 0 amide bonds. The van der Waals surface area contributed by atoms with Crippen LogP contribution in [0.15, 0.2) is 72.8 Å². The quantitative estimate of drug-likeness (QED) is 0.243. The van der Waals surface area contributed by atoms with Gasteiger partial charge in [-0.1, -0.05) is 113 Å². The summed E-state index contributed by atoms with van der Waals surface area (Å²) < 4.78 is 5.94. The number of ether oxygens (including phenoxy) is 1. The Morgan fingerprint density at radius 2 is 1.34 bits per heavy atom. The number of halogens is 1. The van der Waals surface area contributed by atoms with Crippen LogP contribution in [0.1, 0.15) is 28.7 Å². The van der Waals surface area contributed by atoms with Crippen LogP contribution in [-0.2, 0) is 18.4 Å². The van der Waals surface area contributed by atoms with Crippen molar-refractivity contribution in [1.29, 1.82) is 0 Å². The van der Waals surface area contributed by atoms with Crippen molar-refractivity contribution < 1.29 is 4.74 Å². The van der Waals surface area contributed by atoms with Gasteiger partial charge in [0.1, 0.15) is 12.4 Å². The summed E-state index contributed by atoms with van der Waals surface area (Å²) in [7, 11) is -1.41. The zero-order valence-corrected chi connectivity index (χ0v) is 20.3. The van der Waals surface area contributed by atoms with Crippen molar-refractivity contribution in [2.45, 2.75) is 50.8 Å². The first-order valence-electron chi connectivity index (χ1n) is 10.4. The highest BCUT2D eigenvalue weighted by Gasteiger charge is 2.22. The zero-order valence-electron chi connectivity index (χ0n) is 17.7. The largest absolute Gasteiger partial charge is 0.489 e. The molecule has 1 nitrogen and oxygen atoms in total. The Balaban J connectivity index is 1.51. The molecular formula is C26H31BrOSi. The normalized spacial score (nSPS) is 11.4. The Morgan fingerprint density at radius 1 is 0.759 bits per heavy atom. The smallest absolute Gasteiger partial charge is 0.119 e. The number of aryl methyl sites for hydroxylation is 2. The maximum atomic E-state index is 5.94. The van der Waals surface area contributed by atoms with Gasteiger partial charge in [-0.15, -0.1) is 0 Å². The minimum atomic E-state index is -1.41. The molecule has 29 heavy (non-hydrogen) atoms. The van der Waals surface area contributed by atoms with Crippen LogP contribution >= 0.6 is 15.9 Å². The molecule has 0 spiro atoms. The van der Waals surface area contributed by atoms with Crippen LogP contribution in [0.4, 0.5) is 0 Å². The molecule has 0 saturated carbocycles. The van der Waals surface area contributed by atoms with Gasteiger partial charge < -0.3 is 4.74 Å². The van der Waals surface area contributed by atoms with E-state index < -0.39 is 8.07 Å². The summed E-state index contributed by atoms with van der Waals surface area (Å²) in [5, 5.41) is 2.41. The van der Waals surface area contributed by atoms with Crippen molar-refractivity contribution >= 4 is 29.2 Å². The highest BCUT2D eigenvalue weighted by Crippen LogP contribution is 2.18. The molecule has 0 N–H and O–H groups in total. The molecule has 0 aromatic heterocycles. The molecule has 0 atom stereocenters. The predicted octanol–water partition coefficient (Wildman–Crippen LogP) is 7.02. The molecular weight excluding hydrogens is 436 g/mol. The van der Waals surface area contributed by atoms with E-state index in [4.69, 9.17) is 4.74 Å². The first-order valence-corrected chi connectivity index (χ1v) is 14.7. The van der Waals surface area contributed by atoms with Crippen LogP contribution in [0.3, 0.4) is 0 Å². The van der Waals surface area contributed by atoms with Crippen LogP contribution in [0.2, 0.25) is 19.1 Å². The number of rotatable bonds is 9. The molecule has 0 aliphatic heterocycles. The third-order valence-corrected chi connectivity index (χ3v) is 9.75. The summed E-state index contributed by atoms with van der Waals surface area (Å²) in [6.45, 7) is 7.73. The van der Waals surface area contributed by atoms with Crippen LogP contribution < -0.4 is 9.92 Å². The van der Waals surface area contributed by atoms with E-state index in [1.54, 1.807) is 0 Å². The van der Waals surface area contributed by atoms with Gasteiger partial charge in [0.05, 0.1) is 8.07 Å². The lowest BCUT2D eigenvalue weighted by atomic mass is 10.1. The van der Waals surface area contributed by atoms with Crippen molar-refractivity contribution in [2.24, 2.45) is 0 Å². The first-order chi connectivity index (χ1) is 14.0. The Hall–Kier alpha value is -1.84. The van der Waals surface area contributed by atoms with Crippen molar-refractivity contribution in [1.82, 2.24) is 0 Å². The third kappa shape index (κ3) is 6.58. The number of hydrogen-bond donors (Lipinski definition) is 0. The average Bonchev–Trinajstić information content (AvgIpc) is 2.74. The Kier molecular flexibility index (Phi) is 7.74. The molecule has 0 aliphatic rings. The van der Waals surface area contributed by atoms with E-state index in [9.17, 15) is 0 Å². The van der Waals surface area contributed by atoms with Crippen LogP contribution in [-0.4, -0.2) is 8.07 Å². The van der Waals surface area contributed by atoms with Gasteiger partial charge in [-0.2, -0.15) is 0 Å². The predicted molar refractivity (Wildman–Crippen MR) is 131 cm³/mol. The van der Waals surface area contributed by atoms with Crippen molar-refractivity contribution in [3.8, 4) is 5.75 Å². The van der Waals surface area contributed by atoms with E-state index in [0.717, 1.165) is 11.1 Å². The fourth-order valence-electron chi connectivity index (χ4n) is 3.53. The summed E-state index contributed by atoms with van der Waals surface area (Å²) in [5.41, 5.74) is 5.28. The van der Waals surface area contributed by atoms with Crippen molar-refractivity contribution in [3.05, 3.63) is 95.1 Å². The minimum absolute atomic E-state index is 0.614. The van der Waals surface area contributed by atoms with E-state index in [1.165, 1.54) is 46.3 Å². The molecule has 0 bridgehead atoms. The Morgan fingerprint density at radius 3 is 1.97 bits per heavy atom. The second-order valence-corrected chi connectivity index (χ2v) is 13.9. The van der Waals surface area contributed by atoms with Crippen LogP contribution in [0, 0.1) is 6.92 Å². The lowest BCUT2D eigenvalue weighted by Gasteiger charge is -2.23. The van der Waals surface area contributed by atoms with E-state index in [1.807, 2.05) is 12.1 Å². The second kappa shape index (κ2) is 10.3. The van der Waals surface area contributed by atoms with Crippen LogP contribution in [0.25, 0.3) is 0 Å². The fraction of sp³-hybridized carbons (Fsp3) is 0.308. The molecule has 0 aliphatic carbocycles. The number of benzene rings is 3. The van der Waals surface area contributed by atoms with E-state index in [0.29, 0.717) is 6.61 Å². The zero-order chi connectivity index (χ0) is 20.7. The van der Waals surface area contributed by atoms with Gasteiger partial charge >= 0.3 is 0 Å². The molecule has 3 rings (SSSR count). The standard InChI is InChI=1S/C26H31BrOSi/c1-21-6-8-22(9-7-21)5-4-18-29(2,3)26-16-12-24(13-17-26)20-28-25-14-10-23(19-27)11-15-25/h6-17H,4-5,18-20H2,1-3H3. The lowest BCUT2D eigenvalue weighted by Crippen LogP contribution is -2.41.